The summed E-state index contributed by atoms with van der Waals surface area (Å²) < 4.78 is 11.7. The third-order valence-electron chi connectivity index (χ3n) is 3.75. The number of hydrogen-bond donors (Lipinski definition) is 2. The minimum Gasteiger partial charge on any atom is -0.488 e. The minimum atomic E-state index is -0.188. The first-order valence-corrected chi connectivity index (χ1v) is 7.86. The third-order valence-corrected chi connectivity index (χ3v) is 3.75. The van der Waals surface area contributed by atoms with E-state index in [-0.39, 0.29) is 11.5 Å². The van der Waals surface area contributed by atoms with Crippen molar-refractivity contribution in [3.63, 3.8) is 0 Å². The molecule has 0 unspecified atom stereocenters. The molecule has 122 valence electrons. The van der Waals surface area contributed by atoms with Crippen molar-refractivity contribution in [3.05, 3.63) is 47.8 Å². The Kier molecular flexibility index (Phi) is 4.28. The molecule has 5 heteroatoms. The molecule has 2 N–H and O–H groups in total. The summed E-state index contributed by atoms with van der Waals surface area (Å²) >= 11 is 0. The van der Waals surface area contributed by atoms with Crippen LogP contribution in [0.1, 0.15) is 25.1 Å². The fourth-order valence-corrected chi connectivity index (χ4v) is 2.77. The zero-order chi connectivity index (χ0) is 16.3. The molecule has 0 atom stereocenters. The number of hydrogen-bond acceptors (Lipinski definition) is 3. The molecule has 1 aromatic carbocycles. The Morgan fingerprint density at radius 2 is 2.22 bits per heavy atom. The average Bonchev–Trinajstić information content (AvgIpc) is 3.09. The molecule has 0 saturated carbocycles. The molecule has 1 amide bonds. The Labute approximate surface area is 136 Å². The molecule has 1 aromatic heterocycles. The van der Waals surface area contributed by atoms with Gasteiger partial charge in [-0.05, 0) is 32.0 Å². The molecule has 23 heavy (non-hydrogen) atoms. The standard InChI is InChI=1S/C18H22N2O3/c1-18(2)12-13-5-3-7-15(17(13)23-18)22-10-9-20-16(21)11-14-6-4-8-19-14/h3-8,19H,9-12H2,1-2H3,(H,20,21). The topological polar surface area (TPSA) is 63.3 Å². The number of H-pyrrole nitrogens is 1. The molecule has 0 aliphatic carbocycles. The van der Waals surface area contributed by atoms with Crippen molar-refractivity contribution >= 4 is 5.91 Å². The van der Waals surface area contributed by atoms with Crippen LogP contribution in [0, 0.1) is 0 Å². The molecule has 3 rings (SSSR count). The predicted molar refractivity (Wildman–Crippen MR) is 87.9 cm³/mol. The van der Waals surface area contributed by atoms with Crippen LogP contribution in [0.25, 0.3) is 0 Å². The molecule has 0 bridgehead atoms. The van der Waals surface area contributed by atoms with Gasteiger partial charge in [0, 0.05) is 23.9 Å². The maximum absolute atomic E-state index is 11.8. The summed E-state index contributed by atoms with van der Waals surface area (Å²) in [6.07, 6.45) is 3.04. The van der Waals surface area contributed by atoms with Gasteiger partial charge in [-0.15, -0.1) is 0 Å². The van der Waals surface area contributed by atoms with Gasteiger partial charge in [-0.25, -0.2) is 0 Å². The van der Waals surface area contributed by atoms with Crippen LogP contribution < -0.4 is 14.8 Å². The number of rotatable bonds is 6. The van der Waals surface area contributed by atoms with Crippen LogP contribution in [0.3, 0.4) is 0 Å². The Bertz CT molecular complexity index is 678. The highest BCUT2D eigenvalue weighted by molar-refractivity contribution is 5.78. The Morgan fingerprint density at radius 1 is 1.35 bits per heavy atom. The zero-order valence-corrected chi connectivity index (χ0v) is 13.5. The maximum Gasteiger partial charge on any atom is 0.226 e. The van der Waals surface area contributed by atoms with Crippen LogP contribution in [0.5, 0.6) is 11.5 Å². The van der Waals surface area contributed by atoms with Crippen LogP contribution in [0.4, 0.5) is 0 Å². The Morgan fingerprint density at radius 3 is 3.00 bits per heavy atom. The summed E-state index contributed by atoms with van der Waals surface area (Å²) in [4.78, 5) is 14.8. The van der Waals surface area contributed by atoms with Crippen molar-refractivity contribution in [1.82, 2.24) is 10.3 Å². The molecule has 0 saturated heterocycles. The Balaban J connectivity index is 1.47. The highest BCUT2D eigenvalue weighted by Crippen LogP contribution is 2.41. The van der Waals surface area contributed by atoms with E-state index in [4.69, 9.17) is 9.47 Å². The van der Waals surface area contributed by atoms with Crippen LogP contribution in [0.15, 0.2) is 36.5 Å². The van der Waals surface area contributed by atoms with Crippen molar-refractivity contribution in [3.8, 4) is 11.5 Å². The van der Waals surface area contributed by atoms with E-state index in [9.17, 15) is 4.79 Å². The number of nitrogens with one attached hydrogen (secondary N) is 2. The Hall–Kier alpha value is -2.43. The third kappa shape index (κ3) is 3.86. The summed E-state index contributed by atoms with van der Waals surface area (Å²) in [5.74, 6) is 1.55. The number of aromatic amines is 1. The zero-order valence-electron chi connectivity index (χ0n) is 13.5. The van der Waals surface area contributed by atoms with Crippen molar-refractivity contribution < 1.29 is 14.3 Å². The molecule has 1 aliphatic rings. The normalized spacial score (nSPS) is 14.9. The van der Waals surface area contributed by atoms with E-state index >= 15 is 0 Å². The number of amides is 1. The van der Waals surface area contributed by atoms with E-state index in [1.54, 1.807) is 0 Å². The highest BCUT2D eigenvalue weighted by Gasteiger charge is 2.32. The van der Waals surface area contributed by atoms with Crippen LogP contribution >= 0.6 is 0 Å². The van der Waals surface area contributed by atoms with Crippen LogP contribution in [-0.4, -0.2) is 29.6 Å². The number of fused-ring (bicyclic) bond motifs is 1. The first kappa shape index (κ1) is 15.5. The summed E-state index contributed by atoms with van der Waals surface area (Å²) in [5.41, 5.74) is 1.88. The number of aromatic nitrogens is 1. The van der Waals surface area contributed by atoms with E-state index < -0.39 is 0 Å². The van der Waals surface area contributed by atoms with E-state index in [0.717, 1.165) is 23.6 Å². The van der Waals surface area contributed by atoms with Gasteiger partial charge in [0.2, 0.25) is 5.91 Å². The van der Waals surface area contributed by atoms with Gasteiger partial charge in [0.1, 0.15) is 12.2 Å². The average molecular weight is 314 g/mol. The van der Waals surface area contributed by atoms with E-state index in [0.29, 0.717) is 19.6 Å². The van der Waals surface area contributed by atoms with Gasteiger partial charge in [0.25, 0.3) is 0 Å². The SMILES string of the molecule is CC1(C)Cc2cccc(OCCNC(=O)Cc3ccc[nH]3)c2O1. The number of carbonyl (C=O) groups is 1. The molecule has 0 spiro atoms. The molecule has 0 radical (unpaired) electrons. The lowest BCUT2D eigenvalue weighted by molar-refractivity contribution is -0.120. The van der Waals surface area contributed by atoms with Gasteiger partial charge in [-0.3, -0.25) is 4.79 Å². The van der Waals surface area contributed by atoms with Gasteiger partial charge in [0.05, 0.1) is 13.0 Å². The van der Waals surface area contributed by atoms with E-state index in [2.05, 4.69) is 30.2 Å². The number of ether oxygens (including phenoxy) is 2. The number of para-hydroxylation sites is 1. The molecule has 5 nitrogen and oxygen atoms in total. The van der Waals surface area contributed by atoms with E-state index in [1.807, 2.05) is 30.5 Å². The van der Waals surface area contributed by atoms with Gasteiger partial charge in [-0.2, -0.15) is 0 Å². The predicted octanol–water partition coefficient (Wildman–Crippen LogP) is 2.47. The lowest BCUT2D eigenvalue weighted by atomic mass is 10.0. The van der Waals surface area contributed by atoms with Crippen molar-refractivity contribution in [2.75, 3.05) is 13.2 Å². The fraction of sp³-hybridized carbons (Fsp3) is 0.389. The van der Waals surface area contributed by atoms with Gasteiger partial charge < -0.3 is 19.8 Å². The molecule has 1 aliphatic heterocycles. The number of benzene rings is 1. The van der Waals surface area contributed by atoms with Crippen LogP contribution in [-0.2, 0) is 17.6 Å². The van der Waals surface area contributed by atoms with E-state index in [1.165, 1.54) is 5.56 Å². The highest BCUT2D eigenvalue weighted by atomic mass is 16.5. The van der Waals surface area contributed by atoms with Crippen molar-refractivity contribution in [2.45, 2.75) is 32.3 Å². The number of carbonyl (C=O) groups excluding carboxylic acids is 1. The molecule has 2 heterocycles. The summed E-state index contributed by atoms with van der Waals surface area (Å²) in [6.45, 7) is 5.01. The maximum atomic E-state index is 11.8. The first-order chi connectivity index (χ1) is 11.0. The quantitative estimate of drug-likeness (QED) is 0.805. The second-order valence-corrected chi connectivity index (χ2v) is 6.35. The van der Waals surface area contributed by atoms with Gasteiger partial charge in [-0.1, -0.05) is 12.1 Å². The molecule has 0 fully saturated rings. The van der Waals surface area contributed by atoms with Crippen molar-refractivity contribution in [2.24, 2.45) is 0 Å². The largest absolute Gasteiger partial charge is 0.488 e. The smallest absolute Gasteiger partial charge is 0.226 e. The molecular weight excluding hydrogens is 292 g/mol. The van der Waals surface area contributed by atoms with Gasteiger partial charge in [0.15, 0.2) is 11.5 Å². The monoisotopic (exact) mass is 314 g/mol. The lowest BCUT2D eigenvalue weighted by Gasteiger charge is -2.18. The first-order valence-electron chi connectivity index (χ1n) is 7.86. The van der Waals surface area contributed by atoms with Crippen LogP contribution in [0.2, 0.25) is 0 Å². The van der Waals surface area contributed by atoms with Gasteiger partial charge >= 0.3 is 0 Å². The minimum absolute atomic E-state index is 0.0216. The molecular formula is C18H22N2O3. The second-order valence-electron chi connectivity index (χ2n) is 6.35. The lowest BCUT2D eigenvalue weighted by Crippen LogP contribution is -2.29. The van der Waals surface area contributed by atoms with Crippen molar-refractivity contribution in [1.29, 1.82) is 0 Å². The second kappa shape index (κ2) is 6.36. The molecule has 2 aromatic rings. The fourth-order valence-electron chi connectivity index (χ4n) is 2.77. The summed E-state index contributed by atoms with van der Waals surface area (Å²) in [5, 5.41) is 2.85. The summed E-state index contributed by atoms with van der Waals surface area (Å²) in [7, 11) is 0. The summed E-state index contributed by atoms with van der Waals surface area (Å²) in [6, 6.07) is 9.71.